The average molecular weight is 179 g/mol. The molecule has 0 fully saturated rings. The smallest absolute Gasteiger partial charge is 0.0141 e. The molecule has 0 saturated carbocycles. The topological polar surface area (TPSA) is 12.0 Å². The molecule has 0 saturated heterocycles. The van der Waals surface area contributed by atoms with Crippen LogP contribution >= 0.6 is 0 Å². The first-order chi connectivity index (χ1) is 6.18. The van der Waals surface area contributed by atoms with Gasteiger partial charge in [-0.1, -0.05) is 17.2 Å². The Bertz CT molecular complexity index is 203. The van der Waals surface area contributed by atoms with Gasteiger partial charge in [0.25, 0.3) is 0 Å². The first-order valence-electron chi connectivity index (χ1n) is 5.22. The molecule has 1 rings (SSSR count). The van der Waals surface area contributed by atoms with Gasteiger partial charge in [-0.15, -0.1) is 6.58 Å². The van der Waals surface area contributed by atoms with Crippen molar-refractivity contribution in [3.63, 3.8) is 0 Å². The normalized spacial score (nSPS) is 28.5. The van der Waals surface area contributed by atoms with Crippen molar-refractivity contribution in [3.05, 3.63) is 23.8 Å². The zero-order valence-corrected chi connectivity index (χ0v) is 8.90. The van der Waals surface area contributed by atoms with Crippen molar-refractivity contribution in [3.8, 4) is 0 Å². The maximum absolute atomic E-state index is 3.97. The minimum absolute atomic E-state index is 0.619. The molecule has 0 aliphatic carbocycles. The van der Waals surface area contributed by atoms with E-state index in [2.05, 4.69) is 31.8 Å². The van der Waals surface area contributed by atoms with Crippen molar-refractivity contribution < 1.29 is 0 Å². The molecule has 1 heterocycles. The van der Waals surface area contributed by atoms with E-state index in [0.29, 0.717) is 6.04 Å². The van der Waals surface area contributed by atoms with Crippen LogP contribution in [-0.4, -0.2) is 12.6 Å². The Hall–Kier alpha value is -0.560. The van der Waals surface area contributed by atoms with Crippen LogP contribution in [0.5, 0.6) is 0 Å². The largest absolute Gasteiger partial charge is 0.313 e. The van der Waals surface area contributed by atoms with E-state index in [1.54, 1.807) is 0 Å². The molecule has 1 aliphatic rings. The summed E-state index contributed by atoms with van der Waals surface area (Å²) in [4.78, 5) is 0. The molecule has 1 nitrogen and oxygen atoms in total. The van der Waals surface area contributed by atoms with Crippen molar-refractivity contribution in [2.24, 2.45) is 0 Å². The van der Waals surface area contributed by atoms with Gasteiger partial charge in [-0.3, -0.25) is 0 Å². The van der Waals surface area contributed by atoms with E-state index in [4.69, 9.17) is 0 Å². The van der Waals surface area contributed by atoms with Gasteiger partial charge in [0.05, 0.1) is 0 Å². The second-order valence-electron chi connectivity index (χ2n) is 4.21. The van der Waals surface area contributed by atoms with Crippen LogP contribution < -0.4 is 5.32 Å². The number of hydrogen-bond acceptors (Lipinski definition) is 1. The summed E-state index contributed by atoms with van der Waals surface area (Å²) in [6.45, 7) is 9.47. The molecule has 0 spiro atoms. The molecule has 13 heavy (non-hydrogen) atoms. The molecule has 0 aromatic carbocycles. The molecular weight excluding hydrogens is 158 g/mol. The number of hydrogen-bond donors (Lipinski definition) is 1. The second-order valence-corrected chi connectivity index (χ2v) is 4.21. The summed E-state index contributed by atoms with van der Waals surface area (Å²) in [5.74, 6) is 0. The third-order valence-corrected chi connectivity index (χ3v) is 2.47. The molecule has 1 aliphatic heterocycles. The number of allylic oxidation sites excluding steroid dienone is 1. The Morgan fingerprint density at radius 1 is 1.69 bits per heavy atom. The Morgan fingerprint density at radius 3 is 3.15 bits per heavy atom. The molecule has 1 N–H and O–H groups in total. The zero-order chi connectivity index (χ0) is 9.68. The lowest BCUT2D eigenvalue weighted by Crippen LogP contribution is -2.31. The van der Waals surface area contributed by atoms with Gasteiger partial charge in [0.2, 0.25) is 0 Å². The van der Waals surface area contributed by atoms with Gasteiger partial charge >= 0.3 is 0 Å². The number of nitrogens with one attached hydrogen (secondary N) is 1. The molecule has 0 amide bonds. The van der Waals surface area contributed by atoms with E-state index in [1.807, 2.05) is 0 Å². The summed E-state index contributed by atoms with van der Waals surface area (Å²) in [5.41, 5.74) is 2.81. The van der Waals surface area contributed by atoms with Crippen molar-refractivity contribution in [2.45, 2.75) is 45.6 Å². The minimum Gasteiger partial charge on any atom is -0.313 e. The Balaban J connectivity index is 2.47. The summed E-state index contributed by atoms with van der Waals surface area (Å²) >= 11 is 0. The van der Waals surface area contributed by atoms with E-state index < -0.39 is 0 Å². The first kappa shape index (κ1) is 10.5. The molecule has 0 radical (unpaired) electrons. The van der Waals surface area contributed by atoms with Gasteiger partial charge < -0.3 is 5.32 Å². The highest BCUT2D eigenvalue weighted by Crippen LogP contribution is 2.14. The van der Waals surface area contributed by atoms with Crippen molar-refractivity contribution in [1.29, 1.82) is 0 Å². The van der Waals surface area contributed by atoms with Crippen LogP contribution in [0.25, 0.3) is 0 Å². The molecule has 0 aromatic heterocycles. The summed E-state index contributed by atoms with van der Waals surface area (Å²) in [7, 11) is 0. The summed E-state index contributed by atoms with van der Waals surface area (Å²) in [6, 6.07) is 0.619. The van der Waals surface area contributed by atoms with Gasteiger partial charge in [0.1, 0.15) is 0 Å². The first-order valence-corrected chi connectivity index (χ1v) is 5.22. The van der Waals surface area contributed by atoms with Crippen LogP contribution in [0, 0.1) is 0 Å². The number of rotatable bonds is 2. The monoisotopic (exact) mass is 179 g/mol. The van der Waals surface area contributed by atoms with Crippen LogP contribution in [0.4, 0.5) is 0 Å². The SMILES string of the molecule is C=C(C)C[C@@H]1C/C(C)=C\CCCN1. The van der Waals surface area contributed by atoms with Crippen molar-refractivity contribution in [1.82, 2.24) is 5.32 Å². The molecule has 0 aromatic rings. The quantitative estimate of drug-likeness (QED) is 0.642. The van der Waals surface area contributed by atoms with Gasteiger partial charge in [0, 0.05) is 6.04 Å². The Labute approximate surface area is 81.9 Å². The predicted octanol–water partition coefficient (Wildman–Crippen LogP) is 3.04. The zero-order valence-electron chi connectivity index (χ0n) is 8.90. The fourth-order valence-corrected chi connectivity index (χ4v) is 1.87. The minimum atomic E-state index is 0.619. The summed E-state index contributed by atoms with van der Waals surface area (Å²) in [6.07, 6.45) is 7.19. The van der Waals surface area contributed by atoms with Gasteiger partial charge in [-0.2, -0.15) is 0 Å². The highest BCUT2D eigenvalue weighted by atomic mass is 14.9. The fourth-order valence-electron chi connectivity index (χ4n) is 1.87. The summed E-state index contributed by atoms with van der Waals surface area (Å²) < 4.78 is 0. The maximum Gasteiger partial charge on any atom is 0.0141 e. The Kier molecular flexibility index (Phi) is 4.23. The molecular formula is C12H21N. The van der Waals surface area contributed by atoms with E-state index in [0.717, 1.165) is 13.0 Å². The highest BCUT2D eigenvalue weighted by molar-refractivity contribution is 5.05. The lowest BCUT2D eigenvalue weighted by Gasteiger charge is -2.21. The van der Waals surface area contributed by atoms with Crippen LogP contribution in [-0.2, 0) is 0 Å². The van der Waals surface area contributed by atoms with Gasteiger partial charge in [0.15, 0.2) is 0 Å². The Morgan fingerprint density at radius 2 is 2.46 bits per heavy atom. The fraction of sp³-hybridized carbons (Fsp3) is 0.667. The lowest BCUT2D eigenvalue weighted by atomic mass is 9.98. The maximum atomic E-state index is 3.97. The lowest BCUT2D eigenvalue weighted by molar-refractivity contribution is 0.487. The molecule has 0 unspecified atom stereocenters. The van der Waals surface area contributed by atoms with Crippen molar-refractivity contribution in [2.75, 3.05) is 6.54 Å². The third-order valence-electron chi connectivity index (χ3n) is 2.47. The van der Waals surface area contributed by atoms with Crippen LogP contribution in [0.15, 0.2) is 23.8 Å². The van der Waals surface area contributed by atoms with Crippen LogP contribution in [0.2, 0.25) is 0 Å². The highest BCUT2D eigenvalue weighted by Gasteiger charge is 2.10. The van der Waals surface area contributed by atoms with E-state index in [-0.39, 0.29) is 0 Å². The van der Waals surface area contributed by atoms with Gasteiger partial charge in [-0.25, -0.2) is 0 Å². The standard InChI is InChI=1S/C12H21N/c1-10(2)8-12-9-11(3)6-4-5-7-13-12/h6,12-13H,1,4-5,7-9H2,2-3H3/b11-6-/t12-/m1/s1. The molecule has 1 heteroatoms. The summed E-state index contributed by atoms with van der Waals surface area (Å²) in [5, 5.41) is 3.58. The van der Waals surface area contributed by atoms with E-state index in [1.165, 1.54) is 30.4 Å². The van der Waals surface area contributed by atoms with Crippen molar-refractivity contribution >= 4 is 0 Å². The van der Waals surface area contributed by atoms with E-state index >= 15 is 0 Å². The van der Waals surface area contributed by atoms with E-state index in [9.17, 15) is 0 Å². The molecule has 74 valence electrons. The third kappa shape index (κ3) is 4.28. The second kappa shape index (κ2) is 5.23. The average Bonchev–Trinajstić information content (AvgIpc) is 1.98. The van der Waals surface area contributed by atoms with Crippen LogP contribution in [0.3, 0.4) is 0 Å². The van der Waals surface area contributed by atoms with Gasteiger partial charge in [-0.05, 0) is 46.1 Å². The molecule has 0 bridgehead atoms. The molecule has 1 atom stereocenters. The van der Waals surface area contributed by atoms with Crippen LogP contribution in [0.1, 0.15) is 39.5 Å². The predicted molar refractivity (Wildman–Crippen MR) is 58.8 cm³/mol.